The summed E-state index contributed by atoms with van der Waals surface area (Å²) in [5.41, 5.74) is 2.62. The second-order valence-corrected chi connectivity index (χ2v) is 15.6. The van der Waals surface area contributed by atoms with Crippen LogP contribution in [0, 0.1) is 27.9 Å². The van der Waals surface area contributed by atoms with Gasteiger partial charge in [-0.2, -0.15) is 0 Å². The maximum Gasteiger partial charge on any atom is 0.412 e. The lowest BCUT2D eigenvalue weighted by Gasteiger charge is -2.59. The van der Waals surface area contributed by atoms with Gasteiger partial charge in [-0.25, -0.2) is 9.59 Å². The number of ether oxygens (including phenoxy) is 5. The van der Waals surface area contributed by atoms with Crippen LogP contribution in [0.4, 0.5) is 15.3 Å². The fourth-order valence-electron chi connectivity index (χ4n) is 8.91. The highest BCUT2D eigenvalue weighted by Gasteiger charge is 2.65. The molecule has 4 N–H and O–H groups in total. The van der Waals surface area contributed by atoms with Crippen molar-refractivity contribution in [3.05, 3.63) is 101 Å². The lowest BCUT2D eigenvalue weighted by Crippen LogP contribution is -2.70. The second kappa shape index (κ2) is 24.5. The molecule has 17 heteroatoms. The third-order valence-electron chi connectivity index (χ3n) is 11.6. The van der Waals surface area contributed by atoms with E-state index >= 15 is 0 Å². The van der Waals surface area contributed by atoms with E-state index in [2.05, 4.69) is 24.6 Å². The Morgan fingerprint density at radius 3 is 2.46 bits per heavy atom. The predicted molar refractivity (Wildman–Crippen MR) is 233 cm³/mol. The molecule has 0 radical (unpaired) electrons. The van der Waals surface area contributed by atoms with Crippen LogP contribution < -0.4 is 14.8 Å². The first-order valence-corrected chi connectivity index (χ1v) is 21.8. The Bertz CT molecular complexity index is 1910. The topological polar surface area (TPSA) is 221 Å². The Balaban J connectivity index is 1.76. The number of allylic oxidation sites excluding steroid dienone is 1. The van der Waals surface area contributed by atoms with Gasteiger partial charge < -0.3 is 49.2 Å². The van der Waals surface area contributed by atoms with Crippen LogP contribution in [0.1, 0.15) is 75.3 Å². The van der Waals surface area contributed by atoms with Crippen molar-refractivity contribution in [2.24, 2.45) is 22.9 Å². The molecular formula is C46H62N4O13. The Hall–Kier alpha value is -5.33. The van der Waals surface area contributed by atoms with Gasteiger partial charge >= 0.3 is 12.2 Å². The number of aliphatic hydroxyl groups is 3. The van der Waals surface area contributed by atoms with Crippen molar-refractivity contribution in [2.45, 2.75) is 82.6 Å². The molecule has 344 valence electrons. The number of nitrogens with zero attached hydrogens (tertiary/aromatic N) is 3. The summed E-state index contributed by atoms with van der Waals surface area (Å²) in [5.74, 6) is -2.07. The molecule has 63 heavy (non-hydrogen) atoms. The maximum absolute atomic E-state index is 14.4. The maximum atomic E-state index is 14.4. The quantitative estimate of drug-likeness (QED) is 0.0341. The zero-order valence-electron chi connectivity index (χ0n) is 36.1. The van der Waals surface area contributed by atoms with E-state index in [1.807, 2.05) is 6.07 Å². The molecule has 0 unspecified atom stereocenters. The number of carbonyl (C=O) groups excluding carboxylic acids is 2. The van der Waals surface area contributed by atoms with Gasteiger partial charge in [-0.05, 0) is 92.3 Å². The summed E-state index contributed by atoms with van der Waals surface area (Å²) < 4.78 is 31.4. The molecule has 3 aliphatic rings. The lowest BCUT2D eigenvalue weighted by atomic mass is 9.55. The summed E-state index contributed by atoms with van der Waals surface area (Å²) >= 11 is 0. The number of unbranched alkanes of at least 4 members (excludes halogenated alkanes) is 2. The largest absolute Gasteiger partial charge is 0.459 e. The van der Waals surface area contributed by atoms with Crippen molar-refractivity contribution < 1.29 is 58.4 Å². The Morgan fingerprint density at radius 2 is 1.78 bits per heavy atom. The molecule has 0 aromatic heterocycles. The molecule has 17 nitrogen and oxygen atoms in total. The number of non-ortho nitro benzene ring substituents is 1. The normalized spacial score (nSPS) is 22.7. The van der Waals surface area contributed by atoms with E-state index < -0.39 is 40.8 Å². The minimum Gasteiger partial charge on any atom is -0.459 e. The van der Waals surface area contributed by atoms with E-state index in [0.717, 1.165) is 17.6 Å². The molecule has 0 bridgehead atoms. The van der Waals surface area contributed by atoms with E-state index in [1.165, 1.54) is 17.0 Å². The number of nitro groups is 1. The Labute approximate surface area is 368 Å². The zero-order chi connectivity index (χ0) is 45.2. The Morgan fingerprint density at radius 1 is 1.02 bits per heavy atom. The summed E-state index contributed by atoms with van der Waals surface area (Å²) in [7, 11) is 0. The number of benzene rings is 2. The number of carbonyl (C=O) groups is 2. The van der Waals surface area contributed by atoms with Gasteiger partial charge in [0.25, 0.3) is 5.69 Å². The molecule has 0 spiro atoms. The summed E-state index contributed by atoms with van der Waals surface area (Å²) in [4.78, 5) is 45.6. The first kappa shape index (κ1) is 48.7. The zero-order valence-corrected chi connectivity index (χ0v) is 36.1. The third kappa shape index (κ3) is 12.2. The number of amides is 2. The number of rotatable bonds is 26. The van der Waals surface area contributed by atoms with Crippen molar-refractivity contribution in [2.75, 3.05) is 59.3 Å². The highest BCUT2D eigenvalue weighted by Crippen LogP contribution is 2.62. The standard InChI is InChI=1S/C46H62N4O13/c1-4-7-25-59-45(55)49(20-26-58-27-23-53)41-30-39(48-61-31-32-14-16-34(17-15-32)50(56)57)37-28-33(12-8-10-21-51)36(13-9-11-22-52)42-38-29-35(62-44(54)47-6-3)18-19-40(38)63-46(41,43(37)42)60-24-5-2/h4-5,14-19,28-29,33,36,41-43,51-53H,1-2,6-13,20-27,30-31H2,3H3,(H,47,54)/t33-,36+,41-,42+,43+,46+/m0/s1. The summed E-state index contributed by atoms with van der Waals surface area (Å²) in [6.07, 6.45) is 8.63. The van der Waals surface area contributed by atoms with Crippen LogP contribution in [0.25, 0.3) is 0 Å². The molecule has 2 aromatic carbocycles. The van der Waals surface area contributed by atoms with Crippen molar-refractivity contribution >= 4 is 23.6 Å². The number of aliphatic hydroxyl groups excluding tert-OH is 3. The number of fused-ring (bicyclic) bond motifs is 2. The number of nitro benzene ring substituents is 1. The van der Waals surface area contributed by atoms with Gasteiger partial charge in [0.1, 0.15) is 24.1 Å². The lowest BCUT2D eigenvalue weighted by molar-refractivity contribution is -0.384. The van der Waals surface area contributed by atoms with Crippen LogP contribution in [-0.2, 0) is 25.7 Å². The van der Waals surface area contributed by atoms with Crippen molar-refractivity contribution in [1.29, 1.82) is 0 Å². The highest BCUT2D eigenvalue weighted by molar-refractivity contribution is 6.03. The van der Waals surface area contributed by atoms with E-state index in [4.69, 9.17) is 33.7 Å². The molecular weight excluding hydrogens is 817 g/mol. The van der Waals surface area contributed by atoms with Gasteiger partial charge in [-0.15, -0.1) is 13.2 Å². The first-order valence-electron chi connectivity index (χ1n) is 21.8. The number of oxime groups is 1. The highest BCUT2D eigenvalue weighted by atomic mass is 16.7. The van der Waals surface area contributed by atoms with Crippen molar-refractivity contribution in [3.8, 4) is 11.5 Å². The van der Waals surface area contributed by atoms with Gasteiger partial charge in [0.15, 0.2) is 0 Å². The van der Waals surface area contributed by atoms with Crippen LogP contribution in [0.3, 0.4) is 0 Å². The minimum atomic E-state index is -1.60. The molecule has 1 aliphatic heterocycles. The summed E-state index contributed by atoms with van der Waals surface area (Å²) in [5, 5.41) is 48.1. The summed E-state index contributed by atoms with van der Waals surface area (Å²) in [6, 6.07) is 10.3. The molecule has 1 fully saturated rings. The van der Waals surface area contributed by atoms with E-state index in [0.29, 0.717) is 67.8 Å². The van der Waals surface area contributed by atoms with Gasteiger partial charge in [-0.1, -0.05) is 36.2 Å². The molecule has 0 saturated heterocycles. The van der Waals surface area contributed by atoms with E-state index in [-0.39, 0.29) is 83.3 Å². The monoisotopic (exact) mass is 878 g/mol. The Kier molecular flexibility index (Phi) is 18.9. The van der Waals surface area contributed by atoms with E-state index in [9.17, 15) is 35.0 Å². The third-order valence-corrected chi connectivity index (χ3v) is 11.6. The fraction of sp³-hybridized carbons (Fsp3) is 0.543. The van der Waals surface area contributed by atoms with Gasteiger partial charge in [-0.3, -0.25) is 15.0 Å². The van der Waals surface area contributed by atoms with Crippen LogP contribution in [0.15, 0.2) is 84.6 Å². The van der Waals surface area contributed by atoms with E-state index in [1.54, 1.807) is 43.3 Å². The number of nitrogens with one attached hydrogen (secondary N) is 1. The van der Waals surface area contributed by atoms with Gasteiger partial charge in [0.2, 0.25) is 5.79 Å². The molecule has 6 atom stereocenters. The van der Waals surface area contributed by atoms with Crippen LogP contribution in [-0.4, -0.2) is 114 Å². The average molecular weight is 879 g/mol. The van der Waals surface area contributed by atoms with Gasteiger partial charge in [0.05, 0.1) is 49.6 Å². The second-order valence-electron chi connectivity index (χ2n) is 15.6. The van der Waals surface area contributed by atoms with Crippen molar-refractivity contribution in [3.63, 3.8) is 0 Å². The molecule has 1 saturated carbocycles. The van der Waals surface area contributed by atoms with Crippen LogP contribution in [0.2, 0.25) is 0 Å². The van der Waals surface area contributed by atoms with Gasteiger partial charge in [0, 0.05) is 56.3 Å². The predicted octanol–water partition coefficient (Wildman–Crippen LogP) is 6.56. The number of hydrogen-bond donors (Lipinski definition) is 4. The summed E-state index contributed by atoms with van der Waals surface area (Å²) in [6.45, 7) is 9.87. The average Bonchev–Trinajstić information content (AvgIpc) is 3.27. The molecule has 2 amide bonds. The molecule has 5 rings (SSSR count). The SMILES string of the molecule is C=CCCOC(=O)N(CCOCCO)[C@H]1CC(=NOCc2ccc([N+](=O)[O-])cc2)C2=C[C@H](CCCCO)[C@@H](CCCCO)[C@@H]3c4cc(OC(=O)NCC)ccc4O[C@@]1(OCC=C)[C@H]23. The molecule has 1 heterocycles. The molecule has 2 aromatic rings. The minimum absolute atomic E-state index is 0.0138. The first-order chi connectivity index (χ1) is 30.7. The number of hydrogen-bond acceptors (Lipinski definition) is 14. The van der Waals surface area contributed by atoms with Crippen LogP contribution >= 0.6 is 0 Å². The molecule has 2 aliphatic carbocycles. The smallest absolute Gasteiger partial charge is 0.412 e. The fourth-order valence-corrected chi connectivity index (χ4v) is 8.91. The van der Waals surface area contributed by atoms with Crippen LogP contribution in [0.5, 0.6) is 11.5 Å². The van der Waals surface area contributed by atoms with Crippen molar-refractivity contribution in [1.82, 2.24) is 10.2 Å².